The van der Waals surface area contributed by atoms with E-state index in [1.165, 1.54) is 0 Å². The highest BCUT2D eigenvalue weighted by Crippen LogP contribution is 2.44. The van der Waals surface area contributed by atoms with E-state index in [1.54, 1.807) is 11.3 Å². The first-order valence-electron chi connectivity index (χ1n) is 13.3. The van der Waals surface area contributed by atoms with Gasteiger partial charge in [0.05, 0.1) is 33.5 Å². The first-order chi connectivity index (χ1) is 18.2. The van der Waals surface area contributed by atoms with Crippen LogP contribution in [0.2, 0.25) is 0 Å². The number of pyridine rings is 1. The minimum atomic E-state index is -2.59. The summed E-state index contributed by atoms with van der Waals surface area (Å²) < 4.78 is 30.2. The third kappa shape index (κ3) is 4.40. The van der Waals surface area contributed by atoms with Gasteiger partial charge in [0.2, 0.25) is 11.8 Å². The second-order valence-corrected chi connectivity index (χ2v) is 11.7. The van der Waals surface area contributed by atoms with Crippen LogP contribution in [-0.4, -0.2) is 42.8 Å². The molecule has 1 aliphatic carbocycles. The Kier molecular flexibility index (Phi) is 6.29. The number of hydrogen-bond acceptors (Lipinski definition) is 5. The summed E-state index contributed by atoms with van der Waals surface area (Å²) in [6.45, 7) is 7.65. The predicted molar refractivity (Wildman–Crippen MR) is 145 cm³/mol. The van der Waals surface area contributed by atoms with Gasteiger partial charge >= 0.3 is 0 Å². The summed E-state index contributed by atoms with van der Waals surface area (Å²) in [7, 11) is 0. The smallest absolute Gasteiger partial charge is 0.248 e. The number of alkyl halides is 2. The number of benzene rings is 1. The molecule has 38 heavy (non-hydrogen) atoms. The van der Waals surface area contributed by atoms with Crippen LogP contribution in [-0.2, 0) is 17.9 Å². The van der Waals surface area contributed by atoms with E-state index in [0.717, 1.165) is 54.7 Å². The van der Waals surface area contributed by atoms with Gasteiger partial charge in [-0.05, 0) is 43.7 Å². The molecule has 0 N–H and O–H groups in total. The lowest BCUT2D eigenvalue weighted by Crippen LogP contribution is -2.38. The van der Waals surface area contributed by atoms with Crippen LogP contribution >= 0.6 is 11.3 Å². The molecule has 198 valence electrons. The highest BCUT2D eigenvalue weighted by atomic mass is 32.1. The van der Waals surface area contributed by atoms with E-state index in [9.17, 15) is 13.6 Å². The molecule has 0 atom stereocenters. The normalized spacial score (nSPS) is 17.7. The number of halogens is 2. The molecule has 1 amide bonds. The van der Waals surface area contributed by atoms with E-state index in [0.29, 0.717) is 38.9 Å². The van der Waals surface area contributed by atoms with Crippen molar-refractivity contribution in [1.82, 2.24) is 24.4 Å². The molecule has 0 unspecified atom stereocenters. The first-order valence-corrected chi connectivity index (χ1v) is 14.1. The van der Waals surface area contributed by atoms with Crippen molar-refractivity contribution in [3.05, 3.63) is 52.7 Å². The monoisotopic (exact) mass is 535 g/mol. The number of thiazole rings is 1. The lowest BCUT2D eigenvalue weighted by Gasteiger charge is -2.32. The molecule has 4 aromatic rings. The fourth-order valence-corrected chi connectivity index (χ4v) is 6.64. The molecule has 4 heterocycles. The molecule has 9 heteroatoms. The second kappa shape index (κ2) is 9.52. The number of carbonyl (C=O) groups excluding carboxylic acids is 1. The number of rotatable bonds is 4. The lowest BCUT2D eigenvalue weighted by molar-refractivity contribution is -0.132. The Hall–Kier alpha value is -3.20. The molecule has 1 aliphatic heterocycles. The number of imidazole rings is 1. The quantitative estimate of drug-likeness (QED) is 0.286. The van der Waals surface area contributed by atoms with Gasteiger partial charge in [-0.15, -0.1) is 11.3 Å². The number of hydrogen-bond donors (Lipinski definition) is 0. The maximum absolute atomic E-state index is 14.0. The standard InChI is InChI=1S/C29H31F2N5OS/c1-4-25(37)35-11-12-36-23(16-35)27(34-28(36)19-7-9-29(30,31)10-8-19)26-17(2)5-6-20-13-22(33-14-21(20)26)24-15-32-18(3)38-24/h5-6,13-15,19H,4,7-12,16H2,1-3H3. The predicted octanol–water partition coefficient (Wildman–Crippen LogP) is 6.88. The Bertz CT molecular complexity index is 1530. The van der Waals surface area contributed by atoms with E-state index in [-0.39, 0.29) is 24.7 Å². The third-order valence-corrected chi connectivity index (χ3v) is 8.93. The average Bonchev–Trinajstić information content (AvgIpc) is 3.51. The van der Waals surface area contributed by atoms with E-state index in [1.807, 2.05) is 31.1 Å². The van der Waals surface area contributed by atoms with E-state index in [2.05, 4.69) is 34.7 Å². The summed E-state index contributed by atoms with van der Waals surface area (Å²) in [5, 5.41) is 3.05. The first kappa shape index (κ1) is 25.1. The van der Waals surface area contributed by atoms with Crippen LogP contribution in [0.4, 0.5) is 8.78 Å². The van der Waals surface area contributed by atoms with E-state index >= 15 is 0 Å². The van der Waals surface area contributed by atoms with Gasteiger partial charge in [0.1, 0.15) is 5.82 Å². The maximum atomic E-state index is 14.0. The SMILES string of the molecule is CCC(=O)N1CCn2c(C3CCC(F)(F)CC3)nc(-c3c(C)ccc4cc(-c5cnc(C)s5)ncc34)c2C1. The van der Waals surface area contributed by atoms with Gasteiger partial charge in [-0.1, -0.05) is 19.1 Å². The van der Waals surface area contributed by atoms with Crippen molar-refractivity contribution in [2.24, 2.45) is 0 Å². The van der Waals surface area contributed by atoms with Crippen LogP contribution in [0.3, 0.4) is 0 Å². The van der Waals surface area contributed by atoms with Crippen molar-refractivity contribution in [3.63, 3.8) is 0 Å². The Morgan fingerprint density at radius 3 is 2.63 bits per heavy atom. The summed E-state index contributed by atoms with van der Waals surface area (Å²) in [4.78, 5) is 29.9. The fraction of sp³-hybridized carbons (Fsp3) is 0.448. The minimum absolute atomic E-state index is 0.00914. The second-order valence-electron chi connectivity index (χ2n) is 10.5. The van der Waals surface area contributed by atoms with Crippen molar-refractivity contribution in [1.29, 1.82) is 0 Å². The Labute approximate surface area is 224 Å². The van der Waals surface area contributed by atoms with Crippen molar-refractivity contribution in [3.8, 4) is 21.8 Å². The van der Waals surface area contributed by atoms with Crippen LogP contribution in [0.1, 0.15) is 67.0 Å². The molecule has 0 bridgehead atoms. The molecular formula is C29H31F2N5OS. The Morgan fingerprint density at radius 2 is 1.92 bits per heavy atom. The number of carbonyl (C=O) groups is 1. The van der Waals surface area contributed by atoms with Gasteiger partial charge in [-0.3, -0.25) is 9.78 Å². The molecule has 3 aromatic heterocycles. The molecule has 6 rings (SSSR count). The van der Waals surface area contributed by atoms with Gasteiger partial charge in [0.25, 0.3) is 0 Å². The highest BCUT2D eigenvalue weighted by molar-refractivity contribution is 7.15. The lowest BCUT2D eigenvalue weighted by atomic mass is 9.86. The van der Waals surface area contributed by atoms with Crippen molar-refractivity contribution >= 4 is 28.0 Å². The summed E-state index contributed by atoms with van der Waals surface area (Å²) in [5.74, 6) is -1.60. The zero-order valence-electron chi connectivity index (χ0n) is 21.9. The summed E-state index contributed by atoms with van der Waals surface area (Å²) in [6, 6.07) is 6.29. The molecule has 1 aromatic carbocycles. The molecule has 1 fully saturated rings. The van der Waals surface area contributed by atoms with Crippen LogP contribution in [0.5, 0.6) is 0 Å². The maximum Gasteiger partial charge on any atom is 0.248 e. The van der Waals surface area contributed by atoms with Crippen LogP contribution in [0.15, 0.2) is 30.6 Å². The summed E-state index contributed by atoms with van der Waals surface area (Å²) in [6.07, 6.45) is 4.85. The molecule has 1 saturated carbocycles. The van der Waals surface area contributed by atoms with Gasteiger partial charge in [0.15, 0.2) is 0 Å². The number of fused-ring (bicyclic) bond motifs is 2. The molecule has 6 nitrogen and oxygen atoms in total. The topological polar surface area (TPSA) is 63.9 Å². The summed E-state index contributed by atoms with van der Waals surface area (Å²) >= 11 is 1.62. The number of aryl methyl sites for hydroxylation is 2. The summed E-state index contributed by atoms with van der Waals surface area (Å²) in [5.41, 5.74) is 4.79. The average molecular weight is 536 g/mol. The fourth-order valence-electron chi connectivity index (χ4n) is 5.90. The number of amides is 1. The van der Waals surface area contributed by atoms with Crippen LogP contribution < -0.4 is 0 Å². The zero-order chi connectivity index (χ0) is 26.6. The molecule has 2 aliphatic rings. The van der Waals surface area contributed by atoms with Crippen molar-refractivity contribution in [2.45, 2.75) is 77.8 Å². The largest absolute Gasteiger partial charge is 0.335 e. The minimum Gasteiger partial charge on any atom is -0.335 e. The van der Waals surface area contributed by atoms with Crippen molar-refractivity contribution in [2.75, 3.05) is 6.54 Å². The van der Waals surface area contributed by atoms with E-state index < -0.39 is 5.92 Å². The van der Waals surface area contributed by atoms with Gasteiger partial charge in [0, 0.05) is 61.6 Å². The van der Waals surface area contributed by atoms with Crippen LogP contribution in [0.25, 0.3) is 32.6 Å². The van der Waals surface area contributed by atoms with Crippen molar-refractivity contribution < 1.29 is 13.6 Å². The molecular weight excluding hydrogens is 504 g/mol. The van der Waals surface area contributed by atoms with Gasteiger partial charge in [-0.2, -0.15) is 0 Å². The molecule has 0 spiro atoms. The zero-order valence-corrected chi connectivity index (χ0v) is 22.7. The number of nitrogens with zero attached hydrogens (tertiary/aromatic N) is 5. The molecule has 0 saturated heterocycles. The van der Waals surface area contributed by atoms with Crippen LogP contribution in [0, 0.1) is 13.8 Å². The highest BCUT2D eigenvalue weighted by Gasteiger charge is 2.38. The molecule has 0 radical (unpaired) electrons. The Balaban J connectivity index is 1.49. The van der Waals surface area contributed by atoms with Gasteiger partial charge < -0.3 is 9.47 Å². The van der Waals surface area contributed by atoms with E-state index in [4.69, 9.17) is 9.97 Å². The third-order valence-electron chi connectivity index (χ3n) is 8.00. The Morgan fingerprint density at radius 1 is 1.13 bits per heavy atom. The number of aromatic nitrogens is 4. The van der Waals surface area contributed by atoms with Gasteiger partial charge in [-0.25, -0.2) is 18.7 Å².